The molecule has 0 amide bonds. The minimum Gasteiger partial charge on any atom is -0.493 e. The van der Waals surface area contributed by atoms with E-state index < -0.39 is 0 Å². The van der Waals surface area contributed by atoms with Crippen LogP contribution < -0.4 is 14.9 Å². The number of hydrazone groups is 1. The fourth-order valence-electron chi connectivity index (χ4n) is 2.18. The number of nitrogens with zero attached hydrogens (tertiary/aromatic N) is 5. The highest BCUT2D eigenvalue weighted by Gasteiger charge is 2.04. The lowest BCUT2D eigenvalue weighted by atomic mass is 10.2. The van der Waals surface area contributed by atoms with Gasteiger partial charge >= 0.3 is 0 Å². The molecule has 0 fully saturated rings. The van der Waals surface area contributed by atoms with Crippen molar-refractivity contribution in [1.29, 1.82) is 0 Å². The number of rotatable bonds is 6. The smallest absolute Gasteiger partial charge is 0.161 e. The average molecular weight is 338 g/mol. The first kappa shape index (κ1) is 16.4. The van der Waals surface area contributed by atoms with E-state index in [9.17, 15) is 0 Å². The maximum absolute atomic E-state index is 5.27. The van der Waals surface area contributed by atoms with Crippen LogP contribution in [0.4, 0.5) is 5.82 Å². The van der Waals surface area contributed by atoms with Crippen LogP contribution in [-0.4, -0.2) is 40.2 Å². The number of aryl methyl sites for hydroxylation is 1. The van der Waals surface area contributed by atoms with Crippen LogP contribution in [0.2, 0.25) is 0 Å². The fourth-order valence-corrected chi connectivity index (χ4v) is 2.18. The molecule has 0 atom stereocenters. The van der Waals surface area contributed by atoms with E-state index in [0.717, 1.165) is 11.1 Å². The number of benzene rings is 1. The molecule has 0 spiro atoms. The Hall–Kier alpha value is -3.42. The third-order valence-electron chi connectivity index (χ3n) is 3.40. The van der Waals surface area contributed by atoms with E-state index in [1.165, 1.54) is 6.33 Å². The molecule has 25 heavy (non-hydrogen) atoms. The van der Waals surface area contributed by atoms with Crippen molar-refractivity contribution in [3.05, 3.63) is 54.1 Å². The minimum atomic E-state index is 0.565. The number of nitrogens with one attached hydrogen (secondary N) is 1. The van der Waals surface area contributed by atoms with Crippen molar-refractivity contribution in [3.63, 3.8) is 0 Å². The maximum atomic E-state index is 5.27. The number of hydrogen-bond acceptors (Lipinski definition) is 7. The monoisotopic (exact) mass is 338 g/mol. The van der Waals surface area contributed by atoms with Gasteiger partial charge in [0.1, 0.15) is 6.33 Å². The van der Waals surface area contributed by atoms with Crippen LogP contribution in [0.1, 0.15) is 11.1 Å². The molecule has 0 saturated heterocycles. The van der Waals surface area contributed by atoms with Crippen molar-refractivity contribution in [1.82, 2.24) is 19.7 Å². The Morgan fingerprint density at radius 1 is 1.12 bits per heavy atom. The molecule has 2 heterocycles. The SMILES string of the molecule is COc1ccc(C=NNc2cc(-n3cc(C)cn3)ncn2)cc1OC. The third-order valence-corrected chi connectivity index (χ3v) is 3.40. The average Bonchev–Trinajstić information content (AvgIpc) is 3.08. The van der Waals surface area contributed by atoms with E-state index in [0.29, 0.717) is 23.1 Å². The first-order chi connectivity index (χ1) is 12.2. The molecule has 0 unspecified atom stereocenters. The van der Waals surface area contributed by atoms with Crippen LogP contribution in [0.3, 0.4) is 0 Å². The predicted molar refractivity (Wildman–Crippen MR) is 94.7 cm³/mol. The largest absolute Gasteiger partial charge is 0.493 e. The molecule has 3 rings (SSSR count). The molecule has 0 aliphatic rings. The van der Waals surface area contributed by atoms with E-state index in [-0.39, 0.29) is 0 Å². The molecule has 0 radical (unpaired) electrons. The second-order valence-electron chi connectivity index (χ2n) is 5.21. The zero-order chi connectivity index (χ0) is 17.6. The highest BCUT2D eigenvalue weighted by Crippen LogP contribution is 2.26. The molecule has 8 heteroatoms. The van der Waals surface area contributed by atoms with Gasteiger partial charge in [-0.25, -0.2) is 14.6 Å². The Kier molecular flexibility index (Phi) is 4.89. The summed E-state index contributed by atoms with van der Waals surface area (Å²) in [6, 6.07) is 7.30. The summed E-state index contributed by atoms with van der Waals surface area (Å²) in [5.41, 5.74) is 4.80. The second kappa shape index (κ2) is 7.43. The summed E-state index contributed by atoms with van der Waals surface area (Å²) in [7, 11) is 3.19. The molecule has 1 aromatic carbocycles. The van der Waals surface area contributed by atoms with Crippen LogP contribution in [0.5, 0.6) is 11.5 Å². The van der Waals surface area contributed by atoms with Gasteiger partial charge in [-0.1, -0.05) is 0 Å². The highest BCUT2D eigenvalue weighted by molar-refractivity contribution is 5.81. The number of aromatic nitrogens is 4. The lowest BCUT2D eigenvalue weighted by Gasteiger charge is -2.07. The van der Waals surface area contributed by atoms with Gasteiger partial charge in [0.05, 0.1) is 26.6 Å². The zero-order valence-electron chi connectivity index (χ0n) is 14.2. The molecule has 2 aromatic heterocycles. The second-order valence-corrected chi connectivity index (χ2v) is 5.21. The van der Waals surface area contributed by atoms with Crippen molar-refractivity contribution in [3.8, 4) is 17.3 Å². The summed E-state index contributed by atoms with van der Waals surface area (Å²) in [6.45, 7) is 1.97. The van der Waals surface area contributed by atoms with Gasteiger partial charge in [-0.15, -0.1) is 0 Å². The maximum Gasteiger partial charge on any atom is 0.161 e. The summed E-state index contributed by atoms with van der Waals surface area (Å²) in [4.78, 5) is 8.34. The molecular formula is C17H18N6O2. The van der Waals surface area contributed by atoms with Crippen LogP contribution in [0, 0.1) is 6.92 Å². The van der Waals surface area contributed by atoms with Gasteiger partial charge in [0.25, 0.3) is 0 Å². The highest BCUT2D eigenvalue weighted by atomic mass is 16.5. The van der Waals surface area contributed by atoms with Crippen molar-refractivity contribution in [2.75, 3.05) is 19.6 Å². The predicted octanol–water partition coefficient (Wildman–Crippen LogP) is 2.43. The summed E-state index contributed by atoms with van der Waals surface area (Å²) in [5, 5.41) is 8.42. The van der Waals surface area contributed by atoms with Crippen molar-refractivity contribution in [2.45, 2.75) is 6.92 Å². The lowest BCUT2D eigenvalue weighted by molar-refractivity contribution is 0.355. The van der Waals surface area contributed by atoms with E-state index in [2.05, 4.69) is 25.6 Å². The summed E-state index contributed by atoms with van der Waals surface area (Å²) < 4.78 is 12.2. The lowest BCUT2D eigenvalue weighted by Crippen LogP contribution is -2.01. The van der Waals surface area contributed by atoms with Gasteiger partial charge in [0, 0.05) is 12.3 Å². The number of ether oxygens (including phenoxy) is 2. The first-order valence-electron chi connectivity index (χ1n) is 7.54. The van der Waals surface area contributed by atoms with Crippen LogP contribution >= 0.6 is 0 Å². The quantitative estimate of drug-likeness (QED) is 0.549. The van der Waals surface area contributed by atoms with Crippen LogP contribution in [0.25, 0.3) is 5.82 Å². The van der Waals surface area contributed by atoms with Crippen LogP contribution in [0.15, 0.2) is 48.1 Å². The Labute approximate surface area is 145 Å². The van der Waals surface area contributed by atoms with Gasteiger partial charge < -0.3 is 9.47 Å². The topological polar surface area (TPSA) is 86.5 Å². The normalized spacial score (nSPS) is 10.8. The van der Waals surface area contributed by atoms with E-state index in [1.807, 2.05) is 31.3 Å². The first-order valence-corrected chi connectivity index (χ1v) is 7.54. The molecule has 1 N–H and O–H groups in total. The van der Waals surface area contributed by atoms with E-state index in [4.69, 9.17) is 9.47 Å². The molecule has 0 bridgehead atoms. The fraction of sp³-hybridized carbons (Fsp3) is 0.176. The summed E-state index contributed by atoms with van der Waals surface area (Å²) >= 11 is 0. The van der Waals surface area contributed by atoms with E-state index in [1.54, 1.807) is 37.4 Å². The van der Waals surface area contributed by atoms with Gasteiger partial charge in [0.2, 0.25) is 0 Å². The number of anilines is 1. The summed E-state index contributed by atoms with van der Waals surface area (Å²) in [5.74, 6) is 2.54. The number of methoxy groups -OCH3 is 2. The van der Waals surface area contributed by atoms with Crippen molar-refractivity contribution >= 4 is 12.0 Å². The Morgan fingerprint density at radius 2 is 1.96 bits per heavy atom. The van der Waals surface area contributed by atoms with Crippen molar-refractivity contribution < 1.29 is 9.47 Å². The van der Waals surface area contributed by atoms with Gasteiger partial charge in [-0.2, -0.15) is 10.2 Å². The molecule has 8 nitrogen and oxygen atoms in total. The molecule has 0 aliphatic carbocycles. The third kappa shape index (κ3) is 3.92. The molecule has 0 saturated carbocycles. The molecule has 3 aromatic rings. The van der Waals surface area contributed by atoms with Gasteiger partial charge in [0.15, 0.2) is 23.1 Å². The molecular weight excluding hydrogens is 320 g/mol. The summed E-state index contributed by atoms with van der Waals surface area (Å²) in [6.07, 6.45) is 6.78. The standard InChI is InChI=1S/C17H18N6O2/c1-12-8-21-23(10-12)17-7-16(18-11-19-17)22-20-9-13-4-5-14(24-2)15(6-13)25-3/h4-11H,1-3H3,(H,18,19,22). The van der Waals surface area contributed by atoms with Gasteiger partial charge in [-0.3, -0.25) is 5.43 Å². The Morgan fingerprint density at radius 3 is 2.68 bits per heavy atom. The van der Waals surface area contributed by atoms with Gasteiger partial charge in [-0.05, 0) is 36.2 Å². The van der Waals surface area contributed by atoms with E-state index >= 15 is 0 Å². The molecule has 128 valence electrons. The Balaban J connectivity index is 1.72. The molecule has 0 aliphatic heterocycles. The number of hydrogen-bond donors (Lipinski definition) is 1. The van der Waals surface area contributed by atoms with Crippen LogP contribution in [-0.2, 0) is 0 Å². The minimum absolute atomic E-state index is 0.565. The zero-order valence-corrected chi connectivity index (χ0v) is 14.2. The van der Waals surface area contributed by atoms with Crippen molar-refractivity contribution in [2.24, 2.45) is 5.10 Å². The Bertz CT molecular complexity index is 890.